The summed E-state index contributed by atoms with van der Waals surface area (Å²) in [6.07, 6.45) is 3.56. The molecule has 0 saturated carbocycles. The van der Waals surface area contributed by atoms with E-state index in [0.717, 1.165) is 28.8 Å². The van der Waals surface area contributed by atoms with E-state index in [4.69, 9.17) is 5.41 Å². The van der Waals surface area contributed by atoms with Gasteiger partial charge in [-0.05, 0) is 41.5 Å². The molecule has 1 aromatic heterocycles. The van der Waals surface area contributed by atoms with Crippen LogP contribution in [0.5, 0.6) is 0 Å². The molecule has 1 amide bonds. The summed E-state index contributed by atoms with van der Waals surface area (Å²) in [5.41, 5.74) is 3.04. The minimum atomic E-state index is -0.460. The first kappa shape index (κ1) is 21.4. The largest absolute Gasteiger partial charge is 0.344 e. The van der Waals surface area contributed by atoms with Gasteiger partial charge in [0.05, 0.1) is 17.5 Å². The minimum absolute atomic E-state index is 0.0591. The second-order valence-electron chi connectivity index (χ2n) is 7.37. The zero-order valence-corrected chi connectivity index (χ0v) is 18.9. The second kappa shape index (κ2) is 9.21. The number of rotatable bonds is 5. The molecule has 3 aromatic rings. The van der Waals surface area contributed by atoms with Crippen molar-refractivity contribution < 1.29 is 9.18 Å². The van der Waals surface area contributed by atoms with Crippen LogP contribution in [-0.2, 0) is 17.1 Å². The van der Waals surface area contributed by atoms with Crippen molar-refractivity contribution in [1.29, 1.82) is 5.41 Å². The molecule has 0 atom stereocenters. The maximum absolute atomic E-state index is 13.2. The highest BCUT2D eigenvalue weighted by Crippen LogP contribution is 2.33. The van der Waals surface area contributed by atoms with Crippen LogP contribution in [0.1, 0.15) is 16.8 Å². The highest BCUT2D eigenvalue weighted by Gasteiger charge is 2.37. The number of amidine groups is 3. The summed E-state index contributed by atoms with van der Waals surface area (Å²) in [7, 11) is 0. The van der Waals surface area contributed by atoms with Crippen molar-refractivity contribution in [1.82, 2.24) is 9.47 Å². The molecule has 3 heterocycles. The maximum Gasteiger partial charge on any atom is 0.283 e. The Bertz CT molecular complexity index is 1310. The highest BCUT2D eigenvalue weighted by atomic mass is 32.2. The van der Waals surface area contributed by atoms with Crippen LogP contribution in [0.4, 0.5) is 4.39 Å². The van der Waals surface area contributed by atoms with Gasteiger partial charge in [0.2, 0.25) is 5.17 Å². The van der Waals surface area contributed by atoms with Gasteiger partial charge in [-0.1, -0.05) is 54.2 Å². The summed E-state index contributed by atoms with van der Waals surface area (Å²) in [5.74, 6) is 0.0152. The molecule has 2 aliphatic heterocycles. The van der Waals surface area contributed by atoms with E-state index in [-0.39, 0.29) is 17.2 Å². The summed E-state index contributed by atoms with van der Waals surface area (Å²) in [6, 6.07) is 20.1. The molecule has 33 heavy (non-hydrogen) atoms. The smallest absolute Gasteiger partial charge is 0.283 e. The molecule has 0 spiro atoms. The number of carbonyl (C=O) groups is 1. The first-order valence-corrected chi connectivity index (χ1v) is 11.9. The molecule has 2 aromatic carbocycles. The third-order valence-corrected chi connectivity index (χ3v) is 6.95. The number of aliphatic imine (C=N–C) groups is 1. The standard InChI is InChI=1S/C24H18FN5OS2/c25-18-10-8-16(9-11-18)14-29-12-4-7-19(29)13-20-21(26)30-23(27-22(20)31)33-28-24(30)32-15-17-5-2-1-3-6-17/h1-13,26H,14-15H2. The SMILES string of the molecule is N=C1C(=Cc2cccn2Cc2ccc(F)cc2)C(=O)N=C2SN=C(SCc3ccccc3)N12. The van der Waals surface area contributed by atoms with Crippen molar-refractivity contribution >= 4 is 51.9 Å². The molecular formula is C24H18FN5OS2. The Labute approximate surface area is 198 Å². The summed E-state index contributed by atoms with van der Waals surface area (Å²) < 4.78 is 19.6. The van der Waals surface area contributed by atoms with Crippen LogP contribution in [0, 0.1) is 11.2 Å². The fourth-order valence-corrected chi connectivity index (χ4v) is 5.25. The van der Waals surface area contributed by atoms with E-state index < -0.39 is 5.91 Å². The fraction of sp³-hybridized carbons (Fsp3) is 0.0833. The van der Waals surface area contributed by atoms with Crippen LogP contribution in [0.2, 0.25) is 0 Å². The van der Waals surface area contributed by atoms with Crippen molar-refractivity contribution in [3.05, 3.63) is 101 Å². The Morgan fingerprint density at radius 2 is 1.82 bits per heavy atom. The first-order chi connectivity index (χ1) is 16.1. The molecule has 0 saturated heterocycles. The molecule has 6 nitrogen and oxygen atoms in total. The number of hydrogen-bond donors (Lipinski definition) is 1. The molecule has 0 unspecified atom stereocenters. The first-order valence-electron chi connectivity index (χ1n) is 10.1. The maximum atomic E-state index is 13.2. The molecule has 5 rings (SSSR count). The van der Waals surface area contributed by atoms with Gasteiger partial charge in [-0.15, -0.1) is 0 Å². The van der Waals surface area contributed by atoms with E-state index in [0.29, 0.717) is 22.6 Å². The number of halogens is 1. The number of nitrogens with one attached hydrogen (secondary N) is 1. The van der Waals surface area contributed by atoms with Crippen molar-refractivity contribution in [3.63, 3.8) is 0 Å². The number of fused-ring (bicyclic) bond motifs is 1. The van der Waals surface area contributed by atoms with Gasteiger partial charge in [0, 0.05) is 24.2 Å². The molecule has 1 N–H and O–H groups in total. The lowest BCUT2D eigenvalue weighted by Crippen LogP contribution is -2.41. The van der Waals surface area contributed by atoms with Crippen LogP contribution in [0.15, 0.2) is 87.9 Å². The van der Waals surface area contributed by atoms with Gasteiger partial charge in [0.25, 0.3) is 5.91 Å². The van der Waals surface area contributed by atoms with Gasteiger partial charge in [0.15, 0.2) is 5.17 Å². The molecule has 2 aliphatic rings. The van der Waals surface area contributed by atoms with Crippen LogP contribution < -0.4 is 0 Å². The Balaban J connectivity index is 1.37. The molecule has 0 bridgehead atoms. The summed E-state index contributed by atoms with van der Waals surface area (Å²) in [4.78, 5) is 18.5. The Kier molecular flexibility index (Phi) is 5.97. The Morgan fingerprint density at radius 3 is 2.61 bits per heavy atom. The summed E-state index contributed by atoms with van der Waals surface area (Å²) in [5, 5.41) is 9.77. The number of aromatic nitrogens is 1. The lowest BCUT2D eigenvalue weighted by Gasteiger charge is -2.24. The monoisotopic (exact) mass is 475 g/mol. The fourth-order valence-electron chi connectivity index (χ4n) is 3.45. The van der Waals surface area contributed by atoms with E-state index in [1.807, 2.05) is 53.2 Å². The highest BCUT2D eigenvalue weighted by molar-refractivity contribution is 8.18. The molecule has 0 aliphatic carbocycles. The van der Waals surface area contributed by atoms with E-state index in [1.54, 1.807) is 23.1 Å². The van der Waals surface area contributed by atoms with Crippen molar-refractivity contribution in [2.75, 3.05) is 0 Å². The van der Waals surface area contributed by atoms with Gasteiger partial charge < -0.3 is 4.57 Å². The van der Waals surface area contributed by atoms with Gasteiger partial charge in [0.1, 0.15) is 11.7 Å². The zero-order valence-electron chi connectivity index (χ0n) is 17.3. The molecule has 9 heteroatoms. The van der Waals surface area contributed by atoms with Gasteiger partial charge in [-0.2, -0.15) is 9.39 Å². The predicted molar refractivity (Wildman–Crippen MR) is 133 cm³/mol. The van der Waals surface area contributed by atoms with E-state index in [2.05, 4.69) is 9.39 Å². The predicted octanol–water partition coefficient (Wildman–Crippen LogP) is 5.19. The van der Waals surface area contributed by atoms with Gasteiger partial charge in [-0.3, -0.25) is 10.2 Å². The van der Waals surface area contributed by atoms with Crippen LogP contribution in [-0.4, -0.2) is 31.5 Å². The number of amides is 1. The van der Waals surface area contributed by atoms with E-state index in [1.165, 1.54) is 23.9 Å². The van der Waals surface area contributed by atoms with E-state index in [9.17, 15) is 9.18 Å². The van der Waals surface area contributed by atoms with Crippen molar-refractivity contribution in [2.45, 2.75) is 12.3 Å². The topological polar surface area (TPSA) is 73.8 Å². The number of benzene rings is 2. The molecule has 0 fully saturated rings. The van der Waals surface area contributed by atoms with Crippen molar-refractivity contribution in [2.24, 2.45) is 9.39 Å². The van der Waals surface area contributed by atoms with Crippen LogP contribution in [0.3, 0.4) is 0 Å². The average molecular weight is 476 g/mol. The lowest BCUT2D eigenvalue weighted by atomic mass is 10.1. The zero-order chi connectivity index (χ0) is 22.8. The molecule has 0 radical (unpaired) electrons. The summed E-state index contributed by atoms with van der Waals surface area (Å²) >= 11 is 2.61. The normalized spacial score (nSPS) is 16.8. The number of thioether (sulfide) groups is 1. The average Bonchev–Trinajstić information content (AvgIpc) is 3.44. The minimum Gasteiger partial charge on any atom is -0.344 e. The number of nitrogens with zero attached hydrogens (tertiary/aromatic N) is 4. The Hall–Kier alpha value is -3.43. The summed E-state index contributed by atoms with van der Waals surface area (Å²) in [6.45, 7) is 0.516. The number of hydrogen-bond acceptors (Lipinski definition) is 5. The quantitative estimate of drug-likeness (QED) is 0.407. The van der Waals surface area contributed by atoms with Crippen molar-refractivity contribution in [3.8, 4) is 0 Å². The van der Waals surface area contributed by atoms with Gasteiger partial charge >= 0.3 is 0 Å². The van der Waals surface area contributed by atoms with E-state index >= 15 is 0 Å². The lowest BCUT2D eigenvalue weighted by molar-refractivity contribution is -0.114. The Morgan fingerprint density at radius 1 is 1.03 bits per heavy atom. The second-order valence-corrected chi connectivity index (χ2v) is 9.04. The molecular weight excluding hydrogens is 457 g/mol. The van der Waals surface area contributed by atoms with Crippen LogP contribution >= 0.6 is 23.7 Å². The number of carbonyl (C=O) groups excluding carboxylic acids is 1. The van der Waals surface area contributed by atoms with Gasteiger partial charge in [-0.25, -0.2) is 9.29 Å². The molecule has 164 valence electrons. The third-order valence-electron chi connectivity index (χ3n) is 5.13. The van der Waals surface area contributed by atoms with Crippen LogP contribution in [0.25, 0.3) is 6.08 Å². The third kappa shape index (κ3) is 4.55.